The number of nitrogens with one attached hydrogen (secondary N) is 1. The number of amides is 1. The van der Waals surface area contributed by atoms with Gasteiger partial charge in [-0.1, -0.05) is 36.0 Å². The maximum atomic E-state index is 12.3. The van der Waals surface area contributed by atoms with Crippen molar-refractivity contribution in [1.29, 1.82) is 0 Å². The molecule has 0 atom stereocenters. The quantitative estimate of drug-likeness (QED) is 0.534. The average molecular weight is 382 g/mol. The number of carbonyl (C=O) groups is 1. The summed E-state index contributed by atoms with van der Waals surface area (Å²) in [7, 11) is 1.77. The van der Waals surface area contributed by atoms with Gasteiger partial charge in [-0.05, 0) is 34.7 Å². The van der Waals surface area contributed by atoms with E-state index in [4.69, 9.17) is 0 Å². The molecule has 9 heteroatoms. The SMILES string of the molecule is Cn1nnnc1-c1cccc(NC(=O)CSc2nc3ccccc3s2)c1. The molecule has 0 fully saturated rings. The van der Waals surface area contributed by atoms with Crippen LogP contribution in [0.5, 0.6) is 0 Å². The number of aryl methyl sites for hydroxylation is 1. The summed E-state index contributed by atoms with van der Waals surface area (Å²) in [6, 6.07) is 15.4. The second-order valence-electron chi connectivity index (χ2n) is 5.49. The van der Waals surface area contributed by atoms with Gasteiger partial charge in [0.1, 0.15) is 0 Å². The summed E-state index contributed by atoms with van der Waals surface area (Å²) < 4.78 is 3.60. The molecule has 1 N–H and O–H groups in total. The van der Waals surface area contributed by atoms with Crippen molar-refractivity contribution >= 4 is 44.9 Å². The van der Waals surface area contributed by atoms with Crippen LogP contribution < -0.4 is 5.32 Å². The van der Waals surface area contributed by atoms with E-state index in [1.807, 2.05) is 48.5 Å². The summed E-state index contributed by atoms with van der Waals surface area (Å²) in [5.41, 5.74) is 2.51. The van der Waals surface area contributed by atoms with Crippen molar-refractivity contribution in [3.63, 3.8) is 0 Å². The molecule has 7 nitrogen and oxygen atoms in total. The second kappa shape index (κ2) is 7.22. The van der Waals surface area contributed by atoms with Crippen LogP contribution in [0.25, 0.3) is 21.6 Å². The van der Waals surface area contributed by atoms with E-state index in [-0.39, 0.29) is 5.91 Å². The highest BCUT2D eigenvalue weighted by Crippen LogP contribution is 2.29. The van der Waals surface area contributed by atoms with Crippen molar-refractivity contribution in [3.05, 3.63) is 48.5 Å². The summed E-state index contributed by atoms with van der Waals surface area (Å²) in [6.45, 7) is 0. The molecular formula is C17H14N6OS2. The third-order valence-electron chi connectivity index (χ3n) is 3.63. The van der Waals surface area contributed by atoms with Crippen molar-refractivity contribution in [3.8, 4) is 11.4 Å². The third-order valence-corrected chi connectivity index (χ3v) is 5.81. The van der Waals surface area contributed by atoms with Crippen LogP contribution in [0.1, 0.15) is 0 Å². The Kier molecular flexibility index (Phi) is 4.63. The number of nitrogens with zero attached hydrogens (tertiary/aromatic N) is 5. The van der Waals surface area contributed by atoms with Crippen LogP contribution in [0.15, 0.2) is 52.9 Å². The minimum absolute atomic E-state index is 0.0810. The number of benzene rings is 2. The highest BCUT2D eigenvalue weighted by atomic mass is 32.2. The largest absolute Gasteiger partial charge is 0.325 e. The van der Waals surface area contributed by atoms with Crippen LogP contribution in [0.3, 0.4) is 0 Å². The van der Waals surface area contributed by atoms with Crippen molar-refractivity contribution in [2.75, 3.05) is 11.1 Å². The van der Waals surface area contributed by atoms with Crippen LogP contribution in [-0.4, -0.2) is 36.9 Å². The first-order valence-electron chi connectivity index (χ1n) is 7.80. The van der Waals surface area contributed by atoms with Gasteiger partial charge in [0.15, 0.2) is 10.2 Å². The standard InChI is InChI=1S/C17H14N6OS2/c1-23-16(20-21-22-23)11-5-4-6-12(9-11)18-15(24)10-25-17-19-13-7-2-3-8-14(13)26-17/h2-9H,10H2,1H3,(H,18,24). The molecule has 0 unspecified atom stereocenters. The third kappa shape index (κ3) is 3.58. The molecule has 0 spiro atoms. The molecule has 1 amide bonds. The Hall–Kier alpha value is -2.78. The lowest BCUT2D eigenvalue weighted by Gasteiger charge is -2.06. The van der Waals surface area contributed by atoms with E-state index in [1.165, 1.54) is 11.8 Å². The molecule has 26 heavy (non-hydrogen) atoms. The fraction of sp³-hybridized carbons (Fsp3) is 0.118. The summed E-state index contributed by atoms with van der Waals surface area (Å²) in [4.78, 5) is 16.8. The molecule has 0 saturated heterocycles. The summed E-state index contributed by atoms with van der Waals surface area (Å²) >= 11 is 3.03. The Labute approximate surface area is 157 Å². The van der Waals surface area contributed by atoms with E-state index in [2.05, 4.69) is 25.8 Å². The number of fused-ring (bicyclic) bond motifs is 1. The number of para-hydroxylation sites is 1. The van der Waals surface area contributed by atoms with Gasteiger partial charge in [-0.2, -0.15) is 0 Å². The van der Waals surface area contributed by atoms with Crippen LogP contribution >= 0.6 is 23.1 Å². The number of carbonyl (C=O) groups excluding carboxylic acids is 1. The Bertz CT molecular complexity index is 1040. The molecule has 0 radical (unpaired) electrons. The van der Waals surface area contributed by atoms with Gasteiger partial charge in [0.25, 0.3) is 0 Å². The van der Waals surface area contributed by atoms with Gasteiger partial charge < -0.3 is 5.32 Å². The number of thiazole rings is 1. The predicted molar refractivity (Wildman–Crippen MR) is 103 cm³/mol. The Balaban J connectivity index is 1.41. The van der Waals surface area contributed by atoms with E-state index in [0.717, 1.165) is 20.1 Å². The molecule has 0 aliphatic heterocycles. The number of rotatable bonds is 5. The molecule has 4 rings (SSSR count). The van der Waals surface area contributed by atoms with E-state index >= 15 is 0 Å². The van der Waals surface area contributed by atoms with Gasteiger partial charge in [0, 0.05) is 18.3 Å². The van der Waals surface area contributed by atoms with E-state index < -0.39 is 0 Å². The first-order chi connectivity index (χ1) is 12.7. The van der Waals surface area contributed by atoms with Gasteiger partial charge in [-0.15, -0.1) is 16.4 Å². The van der Waals surface area contributed by atoms with Crippen molar-refractivity contribution in [2.45, 2.75) is 4.34 Å². The Morgan fingerprint density at radius 2 is 2.12 bits per heavy atom. The zero-order valence-electron chi connectivity index (χ0n) is 13.8. The minimum atomic E-state index is -0.0810. The zero-order valence-corrected chi connectivity index (χ0v) is 15.4. The van der Waals surface area contributed by atoms with Gasteiger partial charge in [0.05, 0.1) is 16.0 Å². The van der Waals surface area contributed by atoms with Gasteiger partial charge in [-0.3, -0.25) is 4.79 Å². The Morgan fingerprint density at radius 3 is 2.92 bits per heavy atom. The second-order valence-corrected chi connectivity index (χ2v) is 7.74. The highest BCUT2D eigenvalue weighted by molar-refractivity contribution is 8.01. The number of anilines is 1. The molecule has 0 bridgehead atoms. The molecule has 2 aromatic heterocycles. The summed E-state index contributed by atoms with van der Waals surface area (Å²) in [5, 5.41) is 14.3. The number of hydrogen-bond donors (Lipinski definition) is 1. The average Bonchev–Trinajstić information content (AvgIpc) is 3.25. The molecule has 2 heterocycles. The molecule has 130 valence electrons. The van der Waals surface area contributed by atoms with Crippen LogP contribution in [0, 0.1) is 0 Å². The van der Waals surface area contributed by atoms with Crippen molar-refractivity contribution in [2.24, 2.45) is 7.05 Å². The Morgan fingerprint density at radius 1 is 1.23 bits per heavy atom. The normalized spacial score (nSPS) is 11.0. The monoisotopic (exact) mass is 382 g/mol. The first-order valence-corrected chi connectivity index (χ1v) is 9.60. The predicted octanol–water partition coefficient (Wildman–Crippen LogP) is 3.22. The molecular weight excluding hydrogens is 368 g/mol. The summed E-state index contributed by atoms with van der Waals surface area (Å²) in [5.74, 6) is 0.864. The summed E-state index contributed by atoms with van der Waals surface area (Å²) in [6.07, 6.45) is 0. The molecule has 0 saturated carbocycles. The van der Waals surface area contributed by atoms with Gasteiger partial charge >= 0.3 is 0 Å². The molecule has 0 aliphatic carbocycles. The van der Waals surface area contributed by atoms with E-state index in [1.54, 1.807) is 23.1 Å². The van der Waals surface area contributed by atoms with Gasteiger partial charge in [0.2, 0.25) is 5.91 Å². The number of thioether (sulfide) groups is 1. The topological polar surface area (TPSA) is 85.6 Å². The zero-order chi connectivity index (χ0) is 17.9. The fourth-order valence-corrected chi connectivity index (χ4v) is 4.32. The van der Waals surface area contributed by atoms with Crippen LogP contribution in [0.4, 0.5) is 5.69 Å². The maximum Gasteiger partial charge on any atom is 0.234 e. The fourth-order valence-electron chi connectivity index (χ4n) is 2.45. The van der Waals surface area contributed by atoms with Gasteiger partial charge in [-0.25, -0.2) is 9.67 Å². The lowest BCUT2D eigenvalue weighted by Crippen LogP contribution is -2.14. The number of hydrogen-bond acceptors (Lipinski definition) is 7. The molecule has 2 aromatic carbocycles. The number of tetrazole rings is 1. The van der Waals surface area contributed by atoms with E-state index in [9.17, 15) is 4.79 Å². The molecule has 0 aliphatic rings. The van der Waals surface area contributed by atoms with Crippen molar-refractivity contribution < 1.29 is 4.79 Å². The van der Waals surface area contributed by atoms with Crippen LogP contribution in [0.2, 0.25) is 0 Å². The minimum Gasteiger partial charge on any atom is -0.325 e. The molecule has 4 aromatic rings. The first kappa shape index (κ1) is 16.7. The van der Waals surface area contributed by atoms with E-state index in [0.29, 0.717) is 17.3 Å². The highest BCUT2D eigenvalue weighted by Gasteiger charge is 2.10. The maximum absolute atomic E-state index is 12.3. The number of aromatic nitrogens is 5. The smallest absolute Gasteiger partial charge is 0.234 e. The lowest BCUT2D eigenvalue weighted by atomic mass is 10.2. The van der Waals surface area contributed by atoms with Crippen molar-refractivity contribution in [1.82, 2.24) is 25.2 Å². The lowest BCUT2D eigenvalue weighted by molar-refractivity contribution is -0.113. The van der Waals surface area contributed by atoms with Crippen LogP contribution in [-0.2, 0) is 11.8 Å².